The minimum Gasteiger partial charge on any atom is -0.481 e. The van der Waals surface area contributed by atoms with Crippen molar-refractivity contribution in [2.75, 3.05) is 0 Å². The van der Waals surface area contributed by atoms with E-state index in [1.165, 1.54) is 0 Å². The lowest BCUT2D eigenvalue weighted by Crippen LogP contribution is -2.01. The fourth-order valence-corrected chi connectivity index (χ4v) is 1.56. The number of carboxylic acid groups (broad SMARTS) is 1. The van der Waals surface area contributed by atoms with Gasteiger partial charge in [0.15, 0.2) is 5.76 Å². The highest BCUT2D eigenvalue weighted by Crippen LogP contribution is 2.26. The van der Waals surface area contributed by atoms with E-state index >= 15 is 0 Å². The molecular weight excluding hydrogens is 206 g/mol. The van der Waals surface area contributed by atoms with Gasteiger partial charge in [0.2, 0.25) is 0 Å². The monoisotopic (exact) mass is 217 g/mol. The highest BCUT2D eigenvalue weighted by molar-refractivity contribution is 5.74. The van der Waals surface area contributed by atoms with Crippen LogP contribution < -0.4 is 0 Å². The molecule has 4 nitrogen and oxygen atoms in total. The largest absolute Gasteiger partial charge is 0.481 e. The molecule has 0 radical (unpaired) electrons. The fourth-order valence-electron chi connectivity index (χ4n) is 1.56. The Bertz CT molecular complexity index is 502. The molecule has 0 unspecified atom stereocenters. The van der Waals surface area contributed by atoms with E-state index in [4.69, 9.17) is 9.63 Å². The van der Waals surface area contributed by atoms with Crippen molar-refractivity contribution in [1.82, 2.24) is 5.16 Å². The van der Waals surface area contributed by atoms with E-state index in [2.05, 4.69) is 5.16 Å². The van der Waals surface area contributed by atoms with Crippen LogP contribution in [0.5, 0.6) is 0 Å². The van der Waals surface area contributed by atoms with Crippen molar-refractivity contribution in [3.8, 4) is 11.3 Å². The van der Waals surface area contributed by atoms with Crippen LogP contribution in [0.1, 0.15) is 11.3 Å². The van der Waals surface area contributed by atoms with E-state index in [1.54, 1.807) is 6.92 Å². The van der Waals surface area contributed by atoms with Gasteiger partial charge in [-0.3, -0.25) is 4.79 Å². The lowest BCUT2D eigenvalue weighted by Gasteiger charge is -1.99. The molecule has 0 bridgehead atoms. The summed E-state index contributed by atoms with van der Waals surface area (Å²) in [5.74, 6) is -0.344. The maximum absolute atomic E-state index is 10.7. The van der Waals surface area contributed by atoms with Gasteiger partial charge in [0.25, 0.3) is 0 Å². The van der Waals surface area contributed by atoms with Gasteiger partial charge < -0.3 is 9.63 Å². The molecular formula is C12H11NO3. The minimum atomic E-state index is -0.886. The molecule has 1 aromatic carbocycles. The maximum Gasteiger partial charge on any atom is 0.308 e. The average Bonchev–Trinajstić information content (AvgIpc) is 2.61. The number of carboxylic acids is 1. The number of hydrogen-bond acceptors (Lipinski definition) is 3. The van der Waals surface area contributed by atoms with Crippen LogP contribution in [0, 0.1) is 6.92 Å². The van der Waals surface area contributed by atoms with Gasteiger partial charge in [0.05, 0.1) is 12.1 Å². The normalized spacial score (nSPS) is 10.3. The molecule has 0 aliphatic rings. The van der Waals surface area contributed by atoms with E-state index < -0.39 is 5.97 Å². The minimum absolute atomic E-state index is 0.0699. The van der Waals surface area contributed by atoms with Crippen LogP contribution in [0.2, 0.25) is 0 Å². The summed E-state index contributed by atoms with van der Waals surface area (Å²) in [6.45, 7) is 1.74. The number of aryl methyl sites for hydroxylation is 1. The van der Waals surface area contributed by atoms with Gasteiger partial charge in [0, 0.05) is 11.1 Å². The summed E-state index contributed by atoms with van der Waals surface area (Å²) >= 11 is 0. The van der Waals surface area contributed by atoms with E-state index in [0.29, 0.717) is 17.0 Å². The summed E-state index contributed by atoms with van der Waals surface area (Å²) in [7, 11) is 0. The quantitative estimate of drug-likeness (QED) is 0.856. The molecule has 1 heterocycles. The molecule has 0 aliphatic carbocycles. The predicted octanol–water partition coefficient (Wildman–Crippen LogP) is 2.28. The Hall–Kier alpha value is -2.10. The molecule has 0 spiro atoms. The molecule has 16 heavy (non-hydrogen) atoms. The fraction of sp³-hybridized carbons (Fsp3) is 0.167. The summed E-state index contributed by atoms with van der Waals surface area (Å²) in [4.78, 5) is 10.7. The highest BCUT2D eigenvalue weighted by Gasteiger charge is 2.16. The smallest absolute Gasteiger partial charge is 0.308 e. The van der Waals surface area contributed by atoms with E-state index in [-0.39, 0.29) is 6.42 Å². The van der Waals surface area contributed by atoms with Gasteiger partial charge in [0.1, 0.15) is 0 Å². The number of nitrogens with zero attached hydrogens (tertiary/aromatic N) is 1. The third kappa shape index (κ3) is 1.95. The molecule has 0 saturated carbocycles. The first-order valence-corrected chi connectivity index (χ1v) is 4.91. The molecule has 0 atom stereocenters. The SMILES string of the molecule is Cc1noc(-c2ccccc2)c1CC(=O)O. The molecule has 2 aromatic rings. The van der Waals surface area contributed by atoms with Crippen LogP contribution in [-0.4, -0.2) is 16.2 Å². The van der Waals surface area contributed by atoms with Crippen LogP contribution in [0.4, 0.5) is 0 Å². The van der Waals surface area contributed by atoms with Gasteiger partial charge in [-0.1, -0.05) is 35.5 Å². The third-order valence-electron chi connectivity index (χ3n) is 2.35. The first-order valence-electron chi connectivity index (χ1n) is 4.91. The zero-order valence-corrected chi connectivity index (χ0v) is 8.80. The van der Waals surface area contributed by atoms with Crippen LogP contribution in [0.25, 0.3) is 11.3 Å². The number of carbonyl (C=O) groups is 1. The second kappa shape index (κ2) is 4.18. The van der Waals surface area contributed by atoms with E-state index in [9.17, 15) is 4.79 Å². The zero-order valence-electron chi connectivity index (χ0n) is 8.80. The number of aliphatic carboxylic acids is 1. The standard InChI is InChI=1S/C12H11NO3/c1-8-10(7-11(14)15)12(16-13-8)9-5-3-2-4-6-9/h2-6H,7H2,1H3,(H,14,15). The molecule has 0 saturated heterocycles. The van der Waals surface area contributed by atoms with Crippen molar-refractivity contribution in [1.29, 1.82) is 0 Å². The molecule has 0 amide bonds. The van der Waals surface area contributed by atoms with Crippen LogP contribution >= 0.6 is 0 Å². The zero-order chi connectivity index (χ0) is 11.5. The Morgan fingerprint density at radius 3 is 2.69 bits per heavy atom. The topological polar surface area (TPSA) is 63.3 Å². The van der Waals surface area contributed by atoms with Gasteiger partial charge in [-0.2, -0.15) is 0 Å². The van der Waals surface area contributed by atoms with Gasteiger partial charge in [-0.05, 0) is 6.92 Å². The molecule has 0 fully saturated rings. The van der Waals surface area contributed by atoms with Gasteiger partial charge >= 0.3 is 5.97 Å². The lowest BCUT2D eigenvalue weighted by atomic mass is 10.0. The van der Waals surface area contributed by atoms with Gasteiger partial charge in [-0.25, -0.2) is 0 Å². The second-order valence-electron chi connectivity index (χ2n) is 3.51. The number of aromatic nitrogens is 1. The van der Waals surface area contributed by atoms with Crippen molar-refractivity contribution in [2.45, 2.75) is 13.3 Å². The van der Waals surface area contributed by atoms with Gasteiger partial charge in [-0.15, -0.1) is 0 Å². The molecule has 2 rings (SSSR count). The average molecular weight is 217 g/mol. The summed E-state index contributed by atoms with van der Waals surface area (Å²) in [6.07, 6.45) is -0.0699. The first kappa shape index (κ1) is 10.4. The third-order valence-corrected chi connectivity index (χ3v) is 2.35. The summed E-state index contributed by atoms with van der Waals surface area (Å²) in [6, 6.07) is 9.37. The van der Waals surface area contributed by atoms with Crippen molar-refractivity contribution in [2.24, 2.45) is 0 Å². The van der Waals surface area contributed by atoms with E-state index in [0.717, 1.165) is 5.56 Å². The summed E-state index contributed by atoms with van der Waals surface area (Å²) in [5.41, 5.74) is 2.11. The van der Waals surface area contributed by atoms with Crippen molar-refractivity contribution < 1.29 is 14.4 Å². The van der Waals surface area contributed by atoms with Crippen LogP contribution in [0.15, 0.2) is 34.9 Å². The number of hydrogen-bond donors (Lipinski definition) is 1. The number of rotatable bonds is 3. The Labute approximate surface area is 92.5 Å². The highest BCUT2D eigenvalue weighted by atomic mass is 16.5. The lowest BCUT2D eigenvalue weighted by molar-refractivity contribution is -0.136. The molecule has 0 aliphatic heterocycles. The molecule has 1 aromatic heterocycles. The van der Waals surface area contributed by atoms with Crippen LogP contribution in [0.3, 0.4) is 0 Å². The summed E-state index contributed by atoms with van der Waals surface area (Å²) in [5, 5.41) is 12.6. The molecule has 4 heteroatoms. The molecule has 82 valence electrons. The number of benzene rings is 1. The van der Waals surface area contributed by atoms with Crippen LogP contribution in [-0.2, 0) is 11.2 Å². The Morgan fingerprint density at radius 1 is 1.38 bits per heavy atom. The predicted molar refractivity (Wildman–Crippen MR) is 58.0 cm³/mol. The van der Waals surface area contributed by atoms with Crippen molar-refractivity contribution >= 4 is 5.97 Å². The summed E-state index contributed by atoms with van der Waals surface area (Å²) < 4.78 is 5.17. The molecule has 1 N–H and O–H groups in total. The maximum atomic E-state index is 10.7. The van der Waals surface area contributed by atoms with E-state index in [1.807, 2.05) is 30.3 Å². The van der Waals surface area contributed by atoms with Crippen molar-refractivity contribution in [3.05, 3.63) is 41.6 Å². The Balaban J connectivity index is 2.46. The second-order valence-corrected chi connectivity index (χ2v) is 3.51. The van der Waals surface area contributed by atoms with Crippen molar-refractivity contribution in [3.63, 3.8) is 0 Å². The Morgan fingerprint density at radius 2 is 2.06 bits per heavy atom. The first-order chi connectivity index (χ1) is 7.68. The Kier molecular flexibility index (Phi) is 2.72.